The van der Waals surface area contributed by atoms with E-state index >= 15 is 0 Å². The van der Waals surface area contributed by atoms with Gasteiger partial charge >= 0.3 is 5.97 Å². The van der Waals surface area contributed by atoms with Crippen LogP contribution in [0.3, 0.4) is 0 Å². The Bertz CT molecular complexity index is 458. The summed E-state index contributed by atoms with van der Waals surface area (Å²) in [6, 6.07) is 0. The highest BCUT2D eigenvalue weighted by molar-refractivity contribution is 8.23. The molecule has 0 heterocycles. The number of esters is 1. The zero-order valence-corrected chi connectivity index (χ0v) is 20.1. The van der Waals surface area contributed by atoms with E-state index in [4.69, 9.17) is 21.7 Å². The van der Waals surface area contributed by atoms with Crippen LogP contribution in [0.25, 0.3) is 0 Å². The second kappa shape index (κ2) is 16.2. The fourth-order valence-electron chi connectivity index (χ4n) is 2.79. The molecule has 0 saturated carbocycles. The van der Waals surface area contributed by atoms with Gasteiger partial charge in [0.05, 0.1) is 13.2 Å². The molecular formula is C22H40O4S2. The van der Waals surface area contributed by atoms with Crippen molar-refractivity contribution in [1.82, 2.24) is 0 Å². The summed E-state index contributed by atoms with van der Waals surface area (Å²) in [5.41, 5.74) is -0.273. The zero-order chi connectivity index (χ0) is 21.4. The number of thioether (sulfide) groups is 1. The molecule has 0 amide bonds. The molecule has 0 rings (SSSR count). The first kappa shape index (κ1) is 27.4. The average molecular weight is 433 g/mol. The van der Waals surface area contributed by atoms with Crippen molar-refractivity contribution in [3.8, 4) is 0 Å². The molecule has 0 radical (unpaired) electrons. The summed E-state index contributed by atoms with van der Waals surface area (Å²) in [5.74, 6) is 0.120. The van der Waals surface area contributed by atoms with Crippen molar-refractivity contribution in [2.24, 2.45) is 5.41 Å². The first-order chi connectivity index (χ1) is 13.2. The summed E-state index contributed by atoms with van der Waals surface area (Å²) in [5, 5.41) is 0.356. The van der Waals surface area contributed by atoms with Crippen molar-refractivity contribution < 1.29 is 19.1 Å². The van der Waals surface area contributed by atoms with E-state index in [-0.39, 0.29) is 11.4 Å². The van der Waals surface area contributed by atoms with E-state index in [2.05, 4.69) is 0 Å². The second-order valence-corrected chi connectivity index (χ2v) is 10.1. The number of hydrogen-bond donors (Lipinski definition) is 0. The Hall–Kier alpha value is -0.620. The van der Waals surface area contributed by atoms with Gasteiger partial charge in [0.25, 0.3) is 0 Å². The smallest absolute Gasteiger partial charge is 0.302 e. The maximum atomic E-state index is 12.2. The number of thiocarbonyl (C=S) groups is 1. The number of hydrogen-bond acceptors (Lipinski definition) is 6. The summed E-state index contributed by atoms with van der Waals surface area (Å²) < 4.78 is 11.0. The standard InChI is InChI=1S/C22H40O4S2/c1-6-25-21(27)28-19(15-16-20(24)22(3,4)5)14-12-10-8-7-9-11-13-17-26-18(2)23/h19H,6-17H2,1-5H3. The van der Waals surface area contributed by atoms with Gasteiger partial charge in [0.15, 0.2) is 0 Å². The van der Waals surface area contributed by atoms with E-state index in [1.807, 2.05) is 27.7 Å². The van der Waals surface area contributed by atoms with Crippen LogP contribution in [0.15, 0.2) is 0 Å². The van der Waals surface area contributed by atoms with Crippen LogP contribution in [0.1, 0.15) is 98.8 Å². The molecule has 0 fully saturated rings. The van der Waals surface area contributed by atoms with Crippen molar-refractivity contribution in [3.63, 3.8) is 0 Å². The molecule has 1 atom stereocenters. The van der Waals surface area contributed by atoms with Gasteiger partial charge in [0.2, 0.25) is 4.38 Å². The van der Waals surface area contributed by atoms with Crippen LogP contribution in [0.5, 0.6) is 0 Å². The van der Waals surface area contributed by atoms with Crippen molar-refractivity contribution in [3.05, 3.63) is 0 Å². The Labute approximate surface area is 181 Å². The third-order valence-corrected chi connectivity index (χ3v) is 6.05. The first-order valence-electron chi connectivity index (χ1n) is 10.7. The lowest BCUT2D eigenvalue weighted by Gasteiger charge is -2.20. The Kier molecular flexibility index (Phi) is 15.8. The Morgan fingerprint density at radius 1 is 0.929 bits per heavy atom. The largest absolute Gasteiger partial charge is 0.479 e. The third kappa shape index (κ3) is 16.3. The lowest BCUT2D eigenvalue weighted by molar-refractivity contribution is -0.141. The molecule has 6 heteroatoms. The molecule has 0 aliphatic carbocycles. The maximum absolute atomic E-state index is 12.2. The summed E-state index contributed by atoms with van der Waals surface area (Å²) >= 11 is 6.91. The van der Waals surface area contributed by atoms with E-state index < -0.39 is 0 Å². The molecule has 1 unspecified atom stereocenters. The number of carbonyl (C=O) groups excluding carboxylic acids is 2. The number of carbonyl (C=O) groups is 2. The summed E-state index contributed by atoms with van der Waals surface area (Å²) in [6.45, 7) is 10.5. The van der Waals surface area contributed by atoms with Crippen LogP contribution in [0.4, 0.5) is 0 Å². The van der Waals surface area contributed by atoms with Gasteiger partial charge < -0.3 is 9.47 Å². The summed E-state index contributed by atoms with van der Waals surface area (Å²) in [6.07, 6.45) is 10.6. The van der Waals surface area contributed by atoms with Crippen molar-refractivity contribution >= 4 is 40.1 Å². The normalized spacial score (nSPS) is 12.5. The van der Waals surface area contributed by atoms with Gasteiger partial charge in [-0.2, -0.15) is 0 Å². The molecule has 0 aromatic rings. The van der Waals surface area contributed by atoms with Gasteiger partial charge in [0, 0.05) is 24.0 Å². The highest BCUT2D eigenvalue weighted by Gasteiger charge is 2.23. The number of ether oxygens (including phenoxy) is 2. The zero-order valence-electron chi connectivity index (χ0n) is 18.5. The van der Waals surface area contributed by atoms with Crippen LogP contribution in [-0.4, -0.2) is 34.6 Å². The van der Waals surface area contributed by atoms with Crippen molar-refractivity contribution in [1.29, 1.82) is 0 Å². The average Bonchev–Trinajstić information content (AvgIpc) is 2.59. The second-order valence-electron chi connectivity index (χ2n) is 8.24. The highest BCUT2D eigenvalue weighted by Crippen LogP contribution is 2.27. The molecule has 0 aliphatic rings. The first-order valence-corrected chi connectivity index (χ1v) is 12.0. The number of unbranched alkanes of at least 4 members (excludes halogenated alkanes) is 6. The molecule has 0 saturated heterocycles. The van der Waals surface area contributed by atoms with E-state index in [0.29, 0.717) is 35.1 Å². The van der Waals surface area contributed by atoms with Gasteiger partial charge in [-0.3, -0.25) is 9.59 Å². The van der Waals surface area contributed by atoms with Gasteiger partial charge in [-0.15, -0.1) is 0 Å². The van der Waals surface area contributed by atoms with Crippen molar-refractivity contribution in [2.45, 2.75) is 104 Å². The molecule has 0 aliphatic heterocycles. The third-order valence-electron chi connectivity index (χ3n) is 4.53. The molecule has 0 bridgehead atoms. The molecule has 0 N–H and O–H groups in total. The van der Waals surface area contributed by atoms with Crippen molar-refractivity contribution in [2.75, 3.05) is 13.2 Å². The Morgan fingerprint density at radius 3 is 2.04 bits per heavy atom. The van der Waals surface area contributed by atoms with Crippen LogP contribution >= 0.6 is 24.0 Å². The summed E-state index contributed by atoms with van der Waals surface area (Å²) in [7, 11) is 0. The minimum Gasteiger partial charge on any atom is -0.479 e. The minimum atomic E-state index is -0.273. The fourth-order valence-corrected chi connectivity index (χ4v) is 4.30. The minimum absolute atomic E-state index is 0.194. The van der Waals surface area contributed by atoms with Gasteiger partial charge in [-0.1, -0.05) is 71.1 Å². The van der Waals surface area contributed by atoms with Crippen LogP contribution in [-0.2, 0) is 19.1 Å². The lowest BCUT2D eigenvalue weighted by atomic mass is 9.87. The van der Waals surface area contributed by atoms with Crippen LogP contribution < -0.4 is 0 Å². The van der Waals surface area contributed by atoms with E-state index in [9.17, 15) is 9.59 Å². The quantitative estimate of drug-likeness (QED) is 0.167. The van der Waals surface area contributed by atoms with E-state index in [1.165, 1.54) is 32.6 Å². The predicted octanol–water partition coefficient (Wildman–Crippen LogP) is 6.49. The molecule has 0 aromatic carbocycles. The topological polar surface area (TPSA) is 52.6 Å². The van der Waals surface area contributed by atoms with Gasteiger partial charge in [-0.05, 0) is 38.4 Å². The SMILES string of the molecule is CCOC(=S)SC(CCCCCCCCCOC(C)=O)CCC(=O)C(C)(C)C. The molecule has 28 heavy (non-hydrogen) atoms. The van der Waals surface area contributed by atoms with Gasteiger partial charge in [0.1, 0.15) is 5.78 Å². The predicted molar refractivity (Wildman–Crippen MR) is 123 cm³/mol. The Morgan fingerprint density at radius 2 is 1.50 bits per heavy atom. The maximum Gasteiger partial charge on any atom is 0.302 e. The number of ketones is 1. The molecule has 164 valence electrons. The monoisotopic (exact) mass is 432 g/mol. The molecular weight excluding hydrogens is 392 g/mol. The van der Waals surface area contributed by atoms with E-state index in [0.717, 1.165) is 32.1 Å². The molecule has 0 aromatic heterocycles. The number of rotatable bonds is 15. The summed E-state index contributed by atoms with van der Waals surface area (Å²) in [4.78, 5) is 22.9. The molecule has 4 nitrogen and oxygen atoms in total. The van der Waals surface area contributed by atoms with E-state index in [1.54, 1.807) is 11.8 Å². The molecule has 0 spiro atoms. The highest BCUT2D eigenvalue weighted by atomic mass is 32.2. The fraction of sp³-hybridized carbons (Fsp3) is 0.864. The van der Waals surface area contributed by atoms with Crippen LogP contribution in [0, 0.1) is 5.41 Å². The Balaban J connectivity index is 4.02. The van der Waals surface area contributed by atoms with Gasteiger partial charge in [-0.25, -0.2) is 0 Å². The number of Topliss-reactive ketones (excluding diaryl/α,β-unsaturated/α-hetero) is 1. The van der Waals surface area contributed by atoms with Crippen LogP contribution in [0.2, 0.25) is 0 Å². The lowest BCUT2D eigenvalue weighted by Crippen LogP contribution is -2.21.